The van der Waals surface area contributed by atoms with E-state index in [0.29, 0.717) is 18.0 Å². The zero-order valence-corrected chi connectivity index (χ0v) is 14.3. The fourth-order valence-corrected chi connectivity index (χ4v) is 3.86. The summed E-state index contributed by atoms with van der Waals surface area (Å²) in [5.74, 6) is 0.947. The summed E-state index contributed by atoms with van der Waals surface area (Å²) in [6.45, 7) is 1.18. The number of aromatic hydroxyl groups is 1. The molecule has 1 aliphatic heterocycles. The number of nitrogens with zero attached hydrogens (tertiary/aromatic N) is 1. The van der Waals surface area contributed by atoms with Crippen LogP contribution in [0.5, 0.6) is 5.75 Å². The van der Waals surface area contributed by atoms with Gasteiger partial charge in [0.2, 0.25) is 0 Å². The van der Waals surface area contributed by atoms with Gasteiger partial charge in [0.1, 0.15) is 5.75 Å². The number of ketones is 1. The lowest BCUT2D eigenvalue weighted by atomic mass is 9.90. The Balaban J connectivity index is 1.38. The second kappa shape index (κ2) is 6.75. The lowest BCUT2D eigenvalue weighted by molar-refractivity contribution is 0.0961. The first kappa shape index (κ1) is 15.9. The number of fused-ring (bicyclic) bond motifs is 1. The summed E-state index contributed by atoms with van der Waals surface area (Å²) in [5, 5.41) is 9.32. The van der Waals surface area contributed by atoms with Gasteiger partial charge in [0.15, 0.2) is 5.78 Å². The summed E-state index contributed by atoms with van der Waals surface area (Å²) >= 11 is 0. The van der Waals surface area contributed by atoms with Crippen molar-refractivity contribution in [3.63, 3.8) is 0 Å². The van der Waals surface area contributed by atoms with Crippen LogP contribution in [0.25, 0.3) is 0 Å². The number of benzene rings is 1. The van der Waals surface area contributed by atoms with E-state index in [2.05, 4.69) is 35.4 Å². The summed E-state index contributed by atoms with van der Waals surface area (Å²) in [6, 6.07) is 6.47. The highest BCUT2D eigenvalue weighted by Gasteiger charge is 2.24. The van der Waals surface area contributed by atoms with Crippen LogP contribution in [0, 0.1) is 5.92 Å². The summed E-state index contributed by atoms with van der Waals surface area (Å²) < 4.78 is 0. The molecule has 128 valence electrons. The number of rotatable bonds is 5. The van der Waals surface area contributed by atoms with Crippen molar-refractivity contribution in [3.8, 4) is 5.75 Å². The van der Waals surface area contributed by atoms with Gasteiger partial charge in [0, 0.05) is 18.3 Å². The average molecular weight is 333 g/mol. The number of carbonyl (C=O) groups is 1. The van der Waals surface area contributed by atoms with Crippen molar-refractivity contribution in [3.05, 3.63) is 77.1 Å². The molecule has 0 radical (unpaired) electrons. The number of hydrogen-bond acceptors (Lipinski definition) is 3. The van der Waals surface area contributed by atoms with Crippen molar-refractivity contribution in [2.45, 2.75) is 25.7 Å². The number of carbonyl (C=O) groups excluding carboxylic acids is 1. The van der Waals surface area contributed by atoms with Gasteiger partial charge in [-0.2, -0.15) is 0 Å². The van der Waals surface area contributed by atoms with Crippen LogP contribution in [0.4, 0.5) is 0 Å². The second-order valence-electron chi connectivity index (χ2n) is 7.17. The van der Waals surface area contributed by atoms with Crippen LogP contribution in [0.15, 0.2) is 71.5 Å². The third-order valence-electron chi connectivity index (χ3n) is 5.15. The Morgan fingerprint density at radius 1 is 1.20 bits per heavy atom. The maximum atomic E-state index is 12.4. The van der Waals surface area contributed by atoms with E-state index in [4.69, 9.17) is 0 Å². The summed E-state index contributed by atoms with van der Waals surface area (Å²) in [5.41, 5.74) is 4.64. The van der Waals surface area contributed by atoms with Crippen molar-refractivity contribution in [2.24, 2.45) is 5.92 Å². The van der Waals surface area contributed by atoms with Gasteiger partial charge < -0.3 is 10.0 Å². The predicted molar refractivity (Wildman–Crippen MR) is 99.4 cm³/mol. The van der Waals surface area contributed by atoms with E-state index in [-0.39, 0.29) is 11.5 Å². The molecule has 0 saturated carbocycles. The van der Waals surface area contributed by atoms with Gasteiger partial charge in [-0.05, 0) is 78.7 Å². The first-order chi connectivity index (χ1) is 12.2. The monoisotopic (exact) mass is 333 g/mol. The lowest BCUT2D eigenvalue weighted by Crippen LogP contribution is -2.23. The Morgan fingerprint density at radius 2 is 2.04 bits per heavy atom. The second-order valence-corrected chi connectivity index (χ2v) is 7.17. The molecule has 3 nitrogen and oxygen atoms in total. The minimum atomic E-state index is 0.0777. The highest BCUT2D eigenvalue weighted by molar-refractivity contribution is 5.97. The highest BCUT2D eigenvalue weighted by atomic mass is 16.3. The highest BCUT2D eigenvalue weighted by Crippen LogP contribution is 2.34. The zero-order chi connectivity index (χ0) is 17.2. The summed E-state index contributed by atoms with van der Waals surface area (Å²) in [6.07, 6.45) is 16.3. The van der Waals surface area contributed by atoms with E-state index in [0.717, 1.165) is 13.0 Å². The molecule has 3 aliphatic rings. The first-order valence-corrected chi connectivity index (χ1v) is 9.04. The van der Waals surface area contributed by atoms with Gasteiger partial charge in [0.25, 0.3) is 0 Å². The standard InChI is InChI=1S/C22H23NO2/c24-21-8-6-18(7-9-21)22(25)15-23-13-19-11-17(12-20(19)14-23)10-16-4-2-1-3-5-16/h2,4,6-9,11-13,16,24H,1,3,5,10,14-15H2. The normalized spacial score (nSPS) is 21.7. The van der Waals surface area contributed by atoms with Crippen LogP contribution in [-0.4, -0.2) is 28.9 Å². The van der Waals surface area contributed by atoms with Crippen molar-refractivity contribution in [1.29, 1.82) is 0 Å². The molecule has 1 aromatic carbocycles. The van der Waals surface area contributed by atoms with Gasteiger partial charge >= 0.3 is 0 Å². The molecule has 1 unspecified atom stereocenters. The predicted octanol–water partition coefficient (Wildman–Crippen LogP) is 4.39. The smallest absolute Gasteiger partial charge is 0.182 e. The topological polar surface area (TPSA) is 40.5 Å². The molecule has 1 N–H and O–H groups in total. The Morgan fingerprint density at radius 3 is 2.76 bits per heavy atom. The first-order valence-electron chi connectivity index (χ1n) is 9.04. The molecule has 0 saturated heterocycles. The maximum absolute atomic E-state index is 12.4. The molecule has 0 spiro atoms. The van der Waals surface area contributed by atoms with Crippen molar-refractivity contribution in [1.82, 2.24) is 4.90 Å². The molecular weight excluding hydrogens is 310 g/mol. The molecule has 1 atom stereocenters. The third-order valence-corrected chi connectivity index (χ3v) is 5.15. The number of Topliss-reactive ketones (excluding diaryl/α,β-unsaturated/α-hetero) is 1. The Kier molecular flexibility index (Phi) is 4.31. The number of phenolic OH excluding ortho intramolecular Hbond substituents is 1. The summed E-state index contributed by atoms with van der Waals surface area (Å²) in [7, 11) is 0. The summed E-state index contributed by atoms with van der Waals surface area (Å²) in [4.78, 5) is 14.4. The fourth-order valence-electron chi connectivity index (χ4n) is 3.86. The van der Waals surface area contributed by atoms with Crippen LogP contribution < -0.4 is 0 Å². The third kappa shape index (κ3) is 3.60. The molecule has 0 fully saturated rings. The van der Waals surface area contributed by atoms with Crippen LogP contribution in [0.2, 0.25) is 0 Å². The molecular formula is C22H23NO2. The van der Waals surface area contributed by atoms with Crippen LogP contribution in [-0.2, 0) is 0 Å². The van der Waals surface area contributed by atoms with E-state index in [1.54, 1.807) is 24.3 Å². The molecule has 2 aliphatic carbocycles. The van der Waals surface area contributed by atoms with Crippen molar-refractivity contribution >= 4 is 5.78 Å². The van der Waals surface area contributed by atoms with E-state index in [9.17, 15) is 9.90 Å². The zero-order valence-electron chi connectivity index (χ0n) is 14.3. The maximum Gasteiger partial charge on any atom is 0.182 e. The molecule has 3 heteroatoms. The molecule has 0 aromatic heterocycles. The molecule has 4 rings (SSSR count). The number of phenols is 1. The van der Waals surface area contributed by atoms with Crippen molar-refractivity contribution < 1.29 is 9.90 Å². The molecule has 0 bridgehead atoms. The molecule has 1 aromatic rings. The molecule has 1 heterocycles. The van der Waals surface area contributed by atoms with Gasteiger partial charge in [0.05, 0.1) is 6.54 Å². The van der Waals surface area contributed by atoms with Gasteiger partial charge in [-0.25, -0.2) is 0 Å². The van der Waals surface area contributed by atoms with Gasteiger partial charge in [-0.1, -0.05) is 18.2 Å². The Bertz CT molecular complexity index is 796. The average Bonchev–Trinajstić information content (AvgIpc) is 3.14. The fraction of sp³-hybridized carbons (Fsp3) is 0.318. The lowest BCUT2D eigenvalue weighted by Gasteiger charge is -2.16. The molecule has 25 heavy (non-hydrogen) atoms. The molecule has 0 amide bonds. The Labute approximate surface area is 148 Å². The van der Waals surface area contributed by atoms with Crippen LogP contribution >= 0.6 is 0 Å². The van der Waals surface area contributed by atoms with Crippen LogP contribution in [0.3, 0.4) is 0 Å². The van der Waals surface area contributed by atoms with E-state index in [1.807, 2.05) is 0 Å². The minimum absolute atomic E-state index is 0.0777. The SMILES string of the molecule is O=C(CN1C=C2C=C(CC3C=CCCC3)C=C2C1)c1ccc(O)cc1. The van der Waals surface area contributed by atoms with Gasteiger partial charge in [-0.3, -0.25) is 4.79 Å². The minimum Gasteiger partial charge on any atom is -0.508 e. The van der Waals surface area contributed by atoms with E-state index in [1.165, 1.54) is 36.0 Å². The quantitative estimate of drug-likeness (QED) is 0.642. The van der Waals surface area contributed by atoms with Crippen molar-refractivity contribution in [2.75, 3.05) is 13.1 Å². The number of hydrogen-bond donors (Lipinski definition) is 1. The Hall–Kier alpha value is -2.55. The van der Waals surface area contributed by atoms with Crippen LogP contribution in [0.1, 0.15) is 36.0 Å². The number of allylic oxidation sites excluding steroid dienone is 5. The van der Waals surface area contributed by atoms with E-state index >= 15 is 0 Å². The van der Waals surface area contributed by atoms with E-state index < -0.39 is 0 Å². The van der Waals surface area contributed by atoms with Gasteiger partial charge in [-0.15, -0.1) is 0 Å². The largest absolute Gasteiger partial charge is 0.508 e.